The minimum Gasteiger partial charge on any atom is -0.360 e. The summed E-state index contributed by atoms with van der Waals surface area (Å²) in [4.78, 5) is 15.3. The molecule has 28 heavy (non-hydrogen) atoms. The summed E-state index contributed by atoms with van der Waals surface area (Å²) in [6.07, 6.45) is 1.75. The first kappa shape index (κ1) is 19.7. The van der Waals surface area contributed by atoms with Crippen LogP contribution in [0.4, 0.5) is 5.69 Å². The molecule has 0 unspecified atom stereocenters. The molecule has 0 aliphatic heterocycles. The molecule has 0 radical (unpaired) electrons. The van der Waals surface area contributed by atoms with Crippen LogP contribution in [-0.2, 0) is 10.0 Å². The highest BCUT2D eigenvalue weighted by Crippen LogP contribution is 2.20. The molecular weight excluding hydrogens is 400 g/mol. The van der Waals surface area contributed by atoms with E-state index in [1.165, 1.54) is 30.3 Å². The van der Waals surface area contributed by atoms with Gasteiger partial charge in [0.25, 0.3) is 15.9 Å². The van der Waals surface area contributed by atoms with Gasteiger partial charge in [-0.15, -0.1) is 0 Å². The molecule has 3 rings (SSSR count). The lowest BCUT2D eigenvalue weighted by Crippen LogP contribution is -2.20. The van der Waals surface area contributed by atoms with E-state index in [1.54, 1.807) is 31.3 Å². The third-order valence-electron chi connectivity index (χ3n) is 3.80. The average molecular weight is 417 g/mol. The number of benzene rings is 2. The van der Waals surface area contributed by atoms with Crippen molar-refractivity contribution < 1.29 is 13.2 Å². The number of anilines is 1. The largest absolute Gasteiger partial charge is 0.360 e. The van der Waals surface area contributed by atoms with E-state index in [1.807, 2.05) is 12.1 Å². The number of aromatic amines is 1. The van der Waals surface area contributed by atoms with E-state index in [0.717, 1.165) is 5.69 Å². The average Bonchev–Trinajstić information content (AvgIpc) is 3.20. The summed E-state index contributed by atoms with van der Waals surface area (Å²) in [6, 6.07) is 15.7. The second kappa shape index (κ2) is 8.28. The molecule has 9 heteroatoms. The summed E-state index contributed by atoms with van der Waals surface area (Å²) in [5.41, 5.74) is 4.26. The van der Waals surface area contributed by atoms with E-state index in [4.69, 9.17) is 11.6 Å². The summed E-state index contributed by atoms with van der Waals surface area (Å²) in [7, 11) is -3.88. The molecule has 7 nitrogen and oxygen atoms in total. The lowest BCUT2D eigenvalue weighted by atomic mass is 10.2. The molecule has 3 aromatic rings. The minimum absolute atomic E-state index is 0.0507. The zero-order valence-electron chi connectivity index (χ0n) is 14.8. The summed E-state index contributed by atoms with van der Waals surface area (Å²) in [6.45, 7) is 1.74. The summed E-state index contributed by atoms with van der Waals surface area (Å²) >= 11 is 5.88. The standard InChI is InChI=1S/C19H17ClN4O3S/c1-13(18-9-4-10-21-18)22-23-19(25)14-5-2-8-17(11-14)28(26,27)24-16-7-3-6-15(20)12-16/h2-12,21,24H,1H3,(H,23,25)/b22-13+. The highest BCUT2D eigenvalue weighted by atomic mass is 35.5. The Morgan fingerprint density at radius 3 is 2.57 bits per heavy atom. The number of carbonyl (C=O) groups excluding carboxylic acids is 1. The second-order valence-electron chi connectivity index (χ2n) is 5.87. The molecule has 0 aliphatic carbocycles. The molecule has 0 saturated heterocycles. The summed E-state index contributed by atoms with van der Waals surface area (Å²) < 4.78 is 27.6. The Balaban J connectivity index is 1.77. The monoisotopic (exact) mass is 416 g/mol. The topological polar surface area (TPSA) is 103 Å². The van der Waals surface area contributed by atoms with Crippen LogP contribution < -0.4 is 10.1 Å². The first-order valence-corrected chi connectivity index (χ1v) is 10.1. The quantitative estimate of drug-likeness (QED) is 0.422. The fourth-order valence-electron chi connectivity index (χ4n) is 2.39. The number of aromatic nitrogens is 1. The lowest BCUT2D eigenvalue weighted by molar-refractivity contribution is 0.0954. The molecule has 1 heterocycles. The fourth-order valence-corrected chi connectivity index (χ4v) is 3.67. The number of nitrogens with one attached hydrogen (secondary N) is 3. The molecule has 2 aromatic carbocycles. The van der Waals surface area contributed by atoms with E-state index in [2.05, 4.69) is 20.2 Å². The van der Waals surface area contributed by atoms with Gasteiger partial charge in [-0.1, -0.05) is 23.7 Å². The Morgan fingerprint density at radius 1 is 1.07 bits per heavy atom. The van der Waals surface area contributed by atoms with Crippen molar-refractivity contribution in [1.82, 2.24) is 10.4 Å². The van der Waals surface area contributed by atoms with Gasteiger partial charge in [0.15, 0.2) is 0 Å². The van der Waals surface area contributed by atoms with Gasteiger partial charge >= 0.3 is 0 Å². The van der Waals surface area contributed by atoms with Gasteiger partial charge in [-0.2, -0.15) is 5.10 Å². The van der Waals surface area contributed by atoms with Gasteiger partial charge in [0.2, 0.25) is 0 Å². The number of amides is 1. The van der Waals surface area contributed by atoms with Crippen molar-refractivity contribution in [2.45, 2.75) is 11.8 Å². The van der Waals surface area contributed by atoms with Crippen LogP contribution >= 0.6 is 11.6 Å². The van der Waals surface area contributed by atoms with E-state index >= 15 is 0 Å². The maximum atomic E-state index is 12.6. The van der Waals surface area contributed by atoms with Gasteiger partial charge in [-0.3, -0.25) is 9.52 Å². The van der Waals surface area contributed by atoms with Crippen LogP contribution in [0.5, 0.6) is 0 Å². The maximum absolute atomic E-state index is 12.6. The molecule has 0 bridgehead atoms. The minimum atomic E-state index is -3.88. The third kappa shape index (κ3) is 4.79. The van der Waals surface area contributed by atoms with Gasteiger partial charge in [0.1, 0.15) is 0 Å². The SMILES string of the molecule is C/C(=N\NC(=O)c1cccc(S(=O)(=O)Nc2cccc(Cl)c2)c1)c1ccc[nH]1. The fraction of sp³-hybridized carbons (Fsp3) is 0.0526. The lowest BCUT2D eigenvalue weighted by Gasteiger charge is -2.09. The van der Waals surface area contributed by atoms with E-state index in [0.29, 0.717) is 16.4 Å². The third-order valence-corrected chi connectivity index (χ3v) is 5.41. The van der Waals surface area contributed by atoms with Gasteiger partial charge in [0, 0.05) is 16.8 Å². The van der Waals surface area contributed by atoms with E-state index < -0.39 is 15.9 Å². The van der Waals surface area contributed by atoms with Gasteiger partial charge in [-0.05, 0) is 55.5 Å². The van der Waals surface area contributed by atoms with Crippen molar-refractivity contribution in [3.8, 4) is 0 Å². The van der Waals surface area contributed by atoms with Crippen LogP contribution in [0.25, 0.3) is 0 Å². The molecule has 0 spiro atoms. The molecule has 0 atom stereocenters. The molecule has 0 aliphatic rings. The molecule has 1 amide bonds. The van der Waals surface area contributed by atoms with Crippen molar-refractivity contribution in [2.24, 2.45) is 5.10 Å². The Labute approximate surface area is 167 Å². The number of carbonyl (C=O) groups is 1. The predicted octanol–water partition coefficient (Wildman–Crippen LogP) is 3.62. The van der Waals surface area contributed by atoms with Gasteiger partial charge in [-0.25, -0.2) is 13.8 Å². The zero-order chi connectivity index (χ0) is 20.1. The molecule has 0 saturated carbocycles. The molecule has 144 valence electrons. The molecule has 0 fully saturated rings. The number of hydrazone groups is 1. The number of halogens is 1. The van der Waals surface area contributed by atoms with Crippen LogP contribution in [0, 0.1) is 0 Å². The van der Waals surface area contributed by atoms with Crippen LogP contribution in [0.1, 0.15) is 23.0 Å². The van der Waals surface area contributed by atoms with E-state index in [-0.39, 0.29) is 10.5 Å². The number of H-pyrrole nitrogens is 1. The Morgan fingerprint density at radius 2 is 1.86 bits per heavy atom. The van der Waals surface area contributed by atoms with Crippen molar-refractivity contribution in [2.75, 3.05) is 4.72 Å². The Hall–Kier alpha value is -3.10. The highest BCUT2D eigenvalue weighted by Gasteiger charge is 2.16. The Bertz CT molecular complexity index is 1130. The molecule has 1 aromatic heterocycles. The molecule has 3 N–H and O–H groups in total. The number of nitrogens with zero attached hydrogens (tertiary/aromatic N) is 1. The first-order valence-electron chi connectivity index (χ1n) is 8.22. The number of rotatable bonds is 6. The molecular formula is C19H17ClN4O3S. The highest BCUT2D eigenvalue weighted by molar-refractivity contribution is 7.92. The smallest absolute Gasteiger partial charge is 0.271 e. The summed E-state index contributed by atoms with van der Waals surface area (Å²) in [5, 5.41) is 4.42. The van der Waals surface area contributed by atoms with Crippen LogP contribution in [0.3, 0.4) is 0 Å². The van der Waals surface area contributed by atoms with Crippen molar-refractivity contribution in [3.05, 3.63) is 83.1 Å². The maximum Gasteiger partial charge on any atom is 0.271 e. The van der Waals surface area contributed by atoms with Crippen molar-refractivity contribution >= 4 is 38.9 Å². The normalized spacial score (nSPS) is 11.9. The van der Waals surface area contributed by atoms with Crippen LogP contribution in [0.15, 0.2) is 76.9 Å². The van der Waals surface area contributed by atoms with Gasteiger partial charge in [0.05, 0.1) is 22.0 Å². The van der Waals surface area contributed by atoms with Crippen LogP contribution in [-0.4, -0.2) is 25.0 Å². The number of sulfonamides is 1. The van der Waals surface area contributed by atoms with Crippen LogP contribution in [0.2, 0.25) is 5.02 Å². The number of hydrogen-bond donors (Lipinski definition) is 3. The van der Waals surface area contributed by atoms with E-state index in [9.17, 15) is 13.2 Å². The number of hydrogen-bond acceptors (Lipinski definition) is 4. The van der Waals surface area contributed by atoms with Crippen molar-refractivity contribution in [1.29, 1.82) is 0 Å². The zero-order valence-corrected chi connectivity index (χ0v) is 16.4. The Kier molecular flexibility index (Phi) is 5.81. The van der Waals surface area contributed by atoms with Gasteiger partial charge < -0.3 is 4.98 Å². The second-order valence-corrected chi connectivity index (χ2v) is 7.98. The predicted molar refractivity (Wildman–Crippen MR) is 109 cm³/mol. The van der Waals surface area contributed by atoms with Crippen molar-refractivity contribution in [3.63, 3.8) is 0 Å². The summed E-state index contributed by atoms with van der Waals surface area (Å²) in [5.74, 6) is -0.522. The first-order chi connectivity index (χ1) is 13.3.